The van der Waals surface area contributed by atoms with Crippen molar-refractivity contribution in [2.24, 2.45) is 0 Å². The second-order valence-electron chi connectivity index (χ2n) is 7.17. The van der Waals surface area contributed by atoms with Gasteiger partial charge in [-0.1, -0.05) is 23.3 Å². The highest BCUT2D eigenvalue weighted by Crippen LogP contribution is 2.37. The van der Waals surface area contributed by atoms with Gasteiger partial charge in [-0.05, 0) is 51.2 Å². The van der Waals surface area contributed by atoms with Crippen LogP contribution in [0.15, 0.2) is 36.0 Å². The zero-order chi connectivity index (χ0) is 17.9. The highest BCUT2D eigenvalue weighted by molar-refractivity contribution is 5.78. The summed E-state index contributed by atoms with van der Waals surface area (Å²) in [6.45, 7) is 3.50. The van der Waals surface area contributed by atoms with Crippen molar-refractivity contribution >= 4 is 5.91 Å². The molecule has 0 fully saturated rings. The highest BCUT2D eigenvalue weighted by atomic mass is 16.5. The maximum Gasteiger partial charge on any atom is 0.241 e. The minimum Gasteiger partial charge on any atom is -0.488 e. The zero-order valence-corrected chi connectivity index (χ0v) is 15.3. The molecule has 2 aromatic rings. The quantitative estimate of drug-likeness (QED) is 0.835. The maximum atomic E-state index is 12.4. The van der Waals surface area contributed by atoms with Crippen molar-refractivity contribution in [2.45, 2.75) is 52.2 Å². The predicted octanol–water partition coefficient (Wildman–Crippen LogP) is 3.76. The minimum absolute atomic E-state index is 0.00741. The molecule has 5 heteroatoms. The van der Waals surface area contributed by atoms with Crippen LogP contribution in [0.25, 0.3) is 11.3 Å². The van der Waals surface area contributed by atoms with Crippen LogP contribution >= 0.6 is 0 Å². The Morgan fingerprint density at radius 1 is 1.35 bits per heavy atom. The number of hydrogen-bond acceptors (Lipinski definition) is 3. The number of carbonyl (C=O) groups excluding carboxylic acids is 1. The lowest BCUT2D eigenvalue weighted by Gasteiger charge is -2.20. The van der Waals surface area contributed by atoms with Crippen molar-refractivity contribution in [1.29, 1.82) is 0 Å². The van der Waals surface area contributed by atoms with Crippen molar-refractivity contribution in [3.05, 3.63) is 47.2 Å². The molecule has 0 saturated heterocycles. The molecule has 1 aliphatic carbocycles. The maximum absolute atomic E-state index is 12.4. The van der Waals surface area contributed by atoms with E-state index < -0.39 is 0 Å². The standard InChI is InChI=1S/C21H25N3O2/c1-15-7-8-19-18(11-15)21-17(14-26-19)12-23-24(21)13-20(25)22-10-9-16-5-3-2-4-6-16/h5,7-8,11-12H,2-4,6,9-10,13-14H2,1H3,(H,22,25). The molecule has 5 nitrogen and oxygen atoms in total. The summed E-state index contributed by atoms with van der Waals surface area (Å²) in [4.78, 5) is 12.4. The molecule has 0 atom stereocenters. The summed E-state index contributed by atoms with van der Waals surface area (Å²) in [5, 5.41) is 7.47. The summed E-state index contributed by atoms with van der Waals surface area (Å²) in [5.74, 6) is 0.863. The van der Waals surface area contributed by atoms with Crippen molar-refractivity contribution in [3.63, 3.8) is 0 Å². The van der Waals surface area contributed by atoms with Gasteiger partial charge < -0.3 is 10.1 Å². The first-order chi connectivity index (χ1) is 12.7. The summed E-state index contributed by atoms with van der Waals surface area (Å²) in [6.07, 6.45) is 10.0. The van der Waals surface area contributed by atoms with E-state index in [1.807, 2.05) is 12.1 Å². The molecular weight excluding hydrogens is 326 g/mol. The first-order valence-electron chi connectivity index (χ1n) is 9.44. The first kappa shape index (κ1) is 16.9. The second-order valence-corrected chi connectivity index (χ2v) is 7.17. The number of fused-ring (bicyclic) bond motifs is 3. The lowest BCUT2D eigenvalue weighted by Crippen LogP contribution is -2.29. The van der Waals surface area contributed by atoms with Gasteiger partial charge in [-0.15, -0.1) is 0 Å². The fourth-order valence-corrected chi connectivity index (χ4v) is 3.76. The monoisotopic (exact) mass is 351 g/mol. The molecule has 1 aromatic carbocycles. The molecule has 0 saturated carbocycles. The van der Waals surface area contributed by atoms with Crippen molar-refractivity contribution < 1.29 is 9.53 Å². The number of aryl methyl sites for hydroxylation is 1. The summed E-state index contributed by atoms with van der Waals surface area (Å²) >= 11 is 0. The summed E-state index contributed by atoms with van der Waals surface area (Å²) < 4.78 is 7.59. The molecule has 1 N–H and O–H groups in total. The third-order valence-corrected chi connectivity index (χ3v) is 5.14. The summed E-state index contributed by atoms with van der Waals surface area (Å²) in [6, 6.07) is 6.12. The van der Waals surface area contributed by atoms with Crippen LogP contribution in [0.2, 0.25) is 0 Å². The largest absolute Gasteiger partial charge is 0.488 e. The lowest BCUT2D eigenvalue weighted by atomic mass is 9.97. The Kier molecular flexibility index (Phi) is 4.78. The van der Waals surface area contributed by atoms with E-state index in [4.69, 9.17) is 4.74 Å². The second kappa shape index (κ2) is 7.36. The lowest BCUT2D eigenvalue weighted by molar-refractivity contribution is -0.121. The average molecular weight is 351 g/mol. The van der Waals surface area contributed by atoms with Crippen molar-refractivity contribution in [2.75, 3.05) is 6.54 Å². The number of carbonyl (C=O) groups is 1. The number of benzene rings is 1. The fraction of sp³-hybridized carbons (Fsp3) is 0.429. The first-order valence-corrected chi connectivity index (χ1v) is 9.44. The van der Waals surface area contributed by atoms with E-state index in [1.54, 1.807) is 10.9 Å². The molecule has 1 aromatic heterocycles. The fourth-order valence-electron chi connectivity index (χ4n) is 3.76. The Hall–Kier alpha value is -2.56. The van der Waals surface area contributed by atoms with Gasteiger partial charge in [-0.2, -0.15) is 5.10 Å². The van der Waals surface area contributed by atoms with E-state index in [9.17, 15) is 4.79 Å². The van der Waals surface area contributed by atoms with E-state index in [1.165, 1.54) is 31.3 Å². The molecule has 1 aliphatic heterocycles. The van der Waals surface area contributed by atoms with Crippen LogP contribution in [-0.4, -0.2) is 22.2 Å². The number of hydrogen-bond donors (Lipinski definition) is 1. The average Bonchev–Trinajstić information content (AvgIpc) is 3.06. The SMILES string of the molecule is Cc1ccc2c(c1)-c1c(cnn1CC(=O)NCCC1=CCCCC1)CO2. The van der Waals surface area contributed by atoms with E-state index in [0.717, 1.165) is 34.6 Å². The molecule has 2 aliphatic rings. The topological polar surface area (TPSA) is 56.2 Å². The van der Waals surface area contributed by atoms with Crippen LogP contribution < -0.4 is 10.1 Å². The molecule has 1 amide bonds. The van der Waals surface area contributed by atoms with Gasteiger partial charge in [0.25, 0.3) is 0 Å². The Balaban J connectivity index is 1.42. The van der Waals surface area contributed by atoms with E-state index >= 15 is 0 Å². The molecule has 136 valence electrons. The zero-order valence-electron chi connectivity index (χ0n) is 15.3. The molecule has 2 heterocycles. The minimum atomic E-state index is 0.00741. The number of amides is 1. The van der Waals surface area contributed by atoms with Gasteiger partial charge >= 0.3 is 0 Å². The summed E-state index contributed by atoms with van der Waals surface area (Å²) in [5.41, 5.74) is 5.69. The van der Waals surface area contributed by atoms with Gasteiger partial charge in [0.1, 0.15) is 18.9 Å². The van der Waals surface area contributed by atoms with Gasteiger partial charge in [-0.3, -0.25) is 9.48 Å². The molecule has 0 bridgehead atoms. The molecular formula is C21H25N3O2. The van der Waals surface area contributed by atoms with Crippen LogP contribution in [0, 0.1) is 6.92 Å². The number of rotatable bonds is 5. The van der Waals surface area contributed by atoms with Gasteiger partial charge in [0.05, 0.1) is 11.9 Å². The molecule has 0 radical (unpaired) electrons. The van der Waals surface area contributed by atoms with Crippen molar-refractivity contribution in [1.82, 2.24) is 15.1 Å². The molecule has 0 unspecified atom stereocenters. The van der Waals surface area contributed by atoms with E-state index in [2.05, 4.69) is 29.5 Å². The van der Waals surface area contributed by atoms with Crippen LogP contribution in [0.3, 0.4) is 0 Å². The van der Waals surface area contributed by atoms with Crippen LogP contribution in [0.5, 0.6) is 5.75 Å². The number of allylic oxidation sites excluding steroid dienone is 1. The predicted molar refractivity (Wildman–Crippen MR) is 101 cm³/mol. The Morgan fingerprint density at radius 3 is 3.12 bits per heavy atom. The van der Waals surface area contributed by atoms with Crippen molar-refractivity contribution in [3.8, 4) is 17.0 Å². The third kappa shape index (κ3) is 3.52. The molecule has 26 heavy (non-hydrogen) atoms. The Morgan fingerprint density at radius 2 is 2.27 bits per heavy atom. The van der Waals surface area contributed by atoms with Gasteiger partial charge in [0, 0.05) is 17.7 Å². The van der Waals surface area contributed by atoms with Gasteiger partial charge in [-0.25, -0.2) is 0 Å². The van der Waals surface area contributed by atoms with Crippen LogP contribution in [0.4, 0.5) is 0 Å². The van der Waals surface area contributed by atoms with E-state index in [0.29, 0.717) is 13.2 Å². The third-order valence-electron chi connectivity index (χ3n) is 5.14. The van der Waals surface area contributed by atoms with Gasteiger partial charge in [0.2, 0.25) is 5.91 Å². The molecule has 4 rings (SSSR count). The molecule has 0 spiro atoms. The summed E-state index contributed by atoms with van der Waals surface area (Å²) in [7, 11) is 0. The number of nitrogens with one attached hydrogen (secondary N) is 1. The number of nitrogens with zero attached hydrogens (tertiary/aromatic N) is 2. The number of aromatic nitrogens is 2. The normalized spacial score (nSPS) is 15.5. The Bertz CT molecular complexity index is 851. The number of ether oxygens (including phenoxy) is 1. The van der Waals surface area contributed by atoms with E-state index in [-0.39, 0.29) is 12.5 Å². The van der Waals surface area contributed by atoms with Crippen LogP contribution in [-0.2, 0) is 17.9 Å². The van der Waals surface area contributed by atoms with Crippen LogP contribution in [0.1, 0.15) is 43.2 Å². The highest BCUT2D eigenvalue weighted by Gasteiger charge is 2.23. The Labute approximate surface area is 154 Å². The van der Waals surface area contributed by atoms with Gasteiger partial charge in [0.15, 0.2) is 0 Å². The smallest absolute Gasteiger partial charge is 0.241 e.